The largest absolute Gasteiger partial charge is 0.395 e. The fourth-order valence-electron chi connectivity index (χ4n) is 2.49. The first-order valence-electron chi connectivity index (χ1n) is 8.06. The summed E-state index contributed by atoms with van der Waals surface area (Å²) in [7, 11) is 0. The molecule has 1 aromatic rings. The second kappa shape index (κ2) is 9.30. The van der Waals surface area contributed by atoms with E-state index in [0.29, 0.717) is 19.1 Å². The molecule has 1 rings (SSSR count). The van der Waals surface area contributed by atoms with E-state index in [1.54, 1.807) is 4.90 Å². The standard InChI is InChI=1S/C17H29N3O2/c1-5-11-19(12-13-21)17(22)18-15-7-9-16(10-8-15)20(6-2)14(3)4/h7-10,14,21H,5-6,11-13H2,1-4H3,(H,18,22). The van der Waals surface area contributed by atoms with Crippen LogP contribution in [0.2, 0.25) is 0 Å². The van der Waals surface area contributed by atoms with Gasteiger partial charge >= 0.3 is 6.03 Å². The maximum Gasteiger partial charge on any atom is 0.321 e. The lowest BCUT2D eigenvalue weighted by atomic mass is 10.2. The van der Waals surface area contributed by atoms with Crippen LogP contribution in [0.15, 0.2) is 24.3 Å². The summed E-state index contributed by atoms with van der Waals surface area (Å²) in [5, 5.41) is 11.9. The molecule has 1 aromatic carbocycles. The van der Waals surface area contributed by atoms with Crippen molar-refractivity contribution in [1.82, 2.24) is 4.90 Å². The van der Waals surface area contributed by atoms with Crippen molar-refractivity contribution >= 4 is 17.4 Å². The number of rotatable bonds is 8. The van der Waals surface area contributed by atoms with Crippen LogP contribution in [0.4, 0.5) is 16.2 Å². The summed E-state index contributed by atoms with van der Waals surface area (Å²) < 4.78 is 0. The van der Waals surface area contributed by atoms with Crippen LogP contribution in [0.3, 0.4) is 0 Å². The topological polar surface area (TPSA) is 55.8 Å². The molecule has 0 radical (unpaired) electrons. The zero-order chi connectivity index (χ0) is 16.5. The molecular formula is C17H29N3O2. The van der Waals surface area contributed by atoms with Crippen LogP contribution in [-0.4, -0.2) is 48.3 Å². The Bertz CT molecular complexity index is 440. The number of aliphatic hydroxyl groups excluding tert-OH is 1. The number of hydrogen-bond acceptors (Lipinski definition) is 3. The second-order valence-electron chi connectivity index (χ2n) is 5.57. The highest BCUT2D eigenvalue weighted by Crippen LogP contribution is 2.20. The minimum atomic E-state index is -0.167. The maximum absolute atomic E-state index is 12.2. The number of hydrogen-bond donors (Lipinski definition) is 2. The van der Waals surface area contributed by atoms with Gasteiger partial charge in [-0.1, -0.05) is 6.92 Å². The molecule has 0 aliphatic rings. The van der Waals surface area contributed by atoms with E-state index in [1.165, 1.54) is 0 Å². The molecule has 0 saturated heterocycles. The lowest BCUT2D eigenvalue weighted by Crippen LogP contribution is -2.37. The summed E-state index contributed by atoms with van der Waals surface area (Å²) in [6, 6.07) is 8.16. The Morgan fingerprint density at radius 1 is 1.18 bits per heavy atom. The third-order valence-electron chi connectivity index (χ3n) is 3.56. The van der Waals surface area contributed by atoms with Crippen molar-refractivity contribution in [2.75, 3.05) is 36.5 Å². The molecule has 5 nitrogen and oxygen atoms in total. The first-order chi connectivity index (χ1) is 10.5. The summed E-state index contributed by atoms with van der Waals surface area (Å²) in [6.45, 7) is 10.4. The molecule has 0 spiro atoms. The second-order valence-corrected chi connectivity index (χ2v) is 5.57. The van der Waals surface area contributed by atoms with Gasteiger partial charge in [0, 0.05) is 37.1 Å². The van der Waals surface area contributed by atoms with Crippen LogP contribution < -0.4 is 10.2 Å². The molecule has 0 saturated carbocycles. The third kappa shape index (κ3) is 5.22. The van der Waals surface area contributed by atoms with Crippen molar-refractivity contribution in [2.45, 2.75) is 40.2 Å². The van der Waals surface area contributed by atoms with Crippen molar-refractivity contribution < 1.29 is 9.90 Å². The van der Waals surface area contributed by atoms with Crippen LogP contribution in [0, 0.1) is 0 Å². The Kier molecular flexibility index (Phi) is 7.74. The van der Waals surface area contributed by atoms with Gasteiger partial charge in [-0.05, 0) is 51.5 Å². The summed E-state index contributed by atoms with van der Waals surface area (Å²) in [5.74, 6) is 0. The smallest absolute Gasteiger partial charge is 0.321 e. The number of urea groups is 1. The van der Waals surface area contributed by atoms with Crippen LogP contribution in [0.5, 0.6) is 0 Å². The molecule has 2 amide bonds. The maximum atomic E-state index is 12.2. The van der Waals surface area contributed by atoms with E-state index in [0.717, 1.165) is 24.3 Å². The monoisotopic (exact) mass is 307 g/mol. The SMILES string of the molecule is CCCN(CCO)C(=O)Nc1ccc(N(CC)C(C)C)cc1. The molecule has 0 bridgehead atoms. The molecule has 22 heavy (non-hydrogen) atoms. The van der Waals surface area contributed by atoms with Gasteiger partial charge in [0.05, 0.1) is 6.61 Å². The van der Waals surface area contributed by atoms with Gasteiger partial charge in [0.2, 0.25) is 0 Å². The quantitative estimate of drug-likeness (QED) is 0.775. The normalized spacial score (nSPS) is 10.6. The Labute approximate surface area is 133 Å². The van der Waals surface area contributed by atoms with Crippen molar-refractivity contribution in [3.63, 3.8) is 0 Å². The van der Waals surface area contributed by atoms with Gasteiger partial charge < -0.3 is 20.2 Å². The molecule has 2 N–H and O–H groups in total. The molecule has 0 unspecified atom stereocenters. The Hall–Kier alpha value is -1.75. The van der Waals surface area contributed by atoms with E-state index in [-0.39, 0.29) is 12.6 Å². The Balaban J connectivity index is 2.72. The summed E-state index contributed by atoms with van der Waals surface area (Å²) >= 11 is 0. The highest BCUT2D eigenvalue weighted by molar-refractivity contribution is 5.89. The molecule has 0 aliphatic carbocycles. The minimum Gasteiger partial charge on any atom is -0.395 e. The summed E-state index contributed by atoms with van der Waals surface area (Å²) in [4.78, 5) is 16.1. The highest BCUT2D eigenvalue weighted by atomic mass is 16.3. The number of aliphatic hydroxyl groups is 1. The van der Waals surface area contributed by atoms with Gasteiger partial charge in [-0.15, -0.1) is 0 Å². The average molecular weight is 307 g/mol. The van der Waals surface area contributed by atoms with E-state index in [4.69, 9.17) is 5.11 Å². The van der Waals surface area contributed by atoms with E-state index in [9.17, 15) is 4.79 Å². The van der Waals surface area contributed by atoms with Crippen molar-refractivity contribution in [1.29, 1.82) is 0 Å². The number of anilines is 2. The average Bonchev–Trinajstić information content (AvgIpc) is 2.49. The highest BCUT2D eigenvalue weighted by Gasteiger charge is 2.12. The first kappa shape index (κ1) is 18.3. The predicted molar refractivity (Wildman–Crippen MR) is 92.6 cm³/mol. The van der Waals surface area contributed by atoms with Crippen LogP contribution in [-0.2, 0) is 0 Å². The summed E-state index contributed by atoms with van der Waals surface area (Å²) in [6.07, 6.45) is 0.867. The Morgan fingerprint density at radius 2 is 1.82 bits per heavy atom. The molecule has 0 aliphatic heterocycles. The minimum absolute atomic E-state index is 0.0216. The first-order valence-corrected chi connectivity index (χ1v) is 8.06. The zero-order valence-electron chi connectivity index (χ0n) is 14.2. The van der Waals surface area contributed by atoms with Crippen molar-refractivity contribution in [2.24, 2.45) is 0 Å². The molecule has 0 aromatic heterocycles. The molecule has 0 heterocycles. The van der Waals surface area contributed by atoms with E-state index < -0.39 is 0 Å². The third-order valence-corrected chi connectivity index (χ3v) is 3.56. The lowest BCUT2D eigenvalue weighted by Gasteiger charge is -2.27. The van der Waals surface area contributed by atoms with Gasteiger partial charge in [0.25, 0.3) is 0 Å². The van der Waals surface area contributed by atoms with E-state index in [1.807, 2.05) is 31.2 Å². The number of nitrogens with zero attached hydrogens (tertiary/aromatic N) is 2. The fraction of sp³-hybridized carbons (Fsp3) is 0.588. The lowest BCUT2D eigenvalue weighted by molar-refractivity contribution is 0.188. The fourth-order valence-corrected chi connectivity index (χ4v) is 2.49. The number of benzene rings is 1. The van der Waals surface area contributed by atoms with Crippen LogP contribution in [0.1, 0.15) is 34.1 Å². The van der Waals surface area contributed by atoms with Crippen LogP contribution in [0.25, 0.3) is 0 Å². The van der Waals surface area contributed by atoms with Gasteiger partial charge in [-0.2, -0.15) is 0 Å². The molecule has 5 heteroatoms. The van der Waals surface area contributed by atoms with Gasteiger partial charge in [0.15, 0.2) is 0 Å². The van der Waals surface area contributed by atoms with E-state index in [2.05, 4.69) is 31.0 Å². The van der Waals surface area contributed by atoms with Crippen LogP contribution >= 0.6 is 0 Å². The summed E-state index contributed by atoms with van der Waals surface area (Å²) in [5.41, 5.74) is 1.92. The van der Waals surface area contributed by atoms with Crippen molar-refractivity contribution in [3.05, 3.63) is 24.3 Å². The number of carbonyl (C=O) groups is 1. The number of amides is 2. The van der Waals surface area contributed by atoms with Gasteiger partial charge in [-0.25, -0.2) is 4.79 Å². The Morgan fingerprint density at radius 3 is 2.27 bits per heavy atom. The molecule has 124 valence electrons. The number of nitrogens with one attached hydrogen (secondary N) is 1. The molecular weight excluding hydrogens is 278 g/mol. The molecule has 0 atom stereocenters. The van der Waals surface area contributed by atoms with Crippen molar-refractivity contribution in [3.8, 4) is 0 Å². The zero-order valence-corrected chi connectivity index (χ0v) is 14.2. The van der Waals surface area contributed by atoms with Gasteiger partial charge in [0.1, 0.15) is 0 Å². The predicted octanol–water partition coefficient (Wildman–Crippen LogP) is 3.16. The van der Waals surface area contributed by atoms with Gasteiger partial charge in [-0.3, -0.25) is 0 Å². The number of carbonyl (C=O) groups excluding carboxylic acids is 1. The molecule has 0 fully saturated rings. The van der Waals surface area contributed by atoms with E-state index >= 15 is 0 Å².